The largest absolute Gasteiger partial charge is 0.484 e. The smallest absolute Gasteiger partial charge is 0.257 e. The zero-order valence-corrected chi connectivity index (χ0v) is 16.1. The second kappa shape index (κ2) is 8.37. The zero-order valence-electron chi connectivity index (χ0n) is 14.5. The number of ether oxygens (including phenoxy) is 1. The molecular weight excluding hydrogens is 392 g/mol. The van der Waals surface area contributed by atoms with Crippen molar-refractivity contribution < 1.29 is 9.53 Å². The highest BCUT2D eigenvalue weighted by molar-refractivity contribution is 9.10. The van der Waals surface area contributed by atoms with Crippen LogP contribution in [0, 0.1) is 11.3 Å². The maximum Gasteiger partial charge on any atom is 0.257 e. The number of carbonyl (C=O) groups excluding carboxylic acids is 1. The van der Waals surface area contributed by atoms with E-state index >= 15 is 0 Å². The second-order valence-electron chi connectivity index (χ2n) is 6.69. The first-order valence-electron chi connectivity index (χ1n) is 8.73. The summed E-state index contributed by atoms with van der Waals surface area (Å²) in [7, 11) is 0. The molecule has 1 aliphatic rings. The molecule has 4 nitrogen and oxygen atoms in total. The van der Waals surface area contributed by atoms with E-state index in [0.717, 1.165) is 22.9 Å². The van der Waals surface area contributed by atoms with Crippen molar-refractivity contribution in [2.45, 2.75) is 31.1 Å². The van der Waals surface area contributed by atoms with Crippen LogP contribution in [0.2, 0.25) is 0 Å². The Morgan fingerprint density at radius 1 is 1.23 bits per heavy atom. The monoisotopic (exact) mass is 412 g/mol. The molecule has 1 amide bonds. The molecule has 3 rings (SSSR count). The molecule has 0 heterocycles. The summed E-state index contributed by atoms with van der Waals surface area (Å²) in [5.74, 6) is 0.513. The lowest BCUT2D eigenvalue weighted by atomic mass is 9.64. The molecule has 1 saturated carbocycles. The number of nitrogens with zero attached hydrogens (tertiary/aromatic N) is 1. The van der Waals surface area contributed by atoms with Gasteiger partial charge in [-0.15, -0.1) is 0 Å². The van der Waals surface area contributed by atoms with Gasteiger partial charge in [-0.2, -0.15) is 5.26 Å². The number of benzene rings is 2. The summed E-state index contributed by atoms with van der Waals surface area (Å²) in [6.07, 6.45) is 3.74. The van der Waals surface area contributed by atoms with Crippen LogP contribution >= 0.6 is 15.9 Å². The maximum absolute atomic E-state index is 12.2. The molecule has 0 aromatic heterocycles. The van der Waals surface area contributed by atoms with Gasteiger partial charge in [-0.1, -0.05) is 46.6 Å². The lowest BCUT2D eigenvalue weighted by Gasteiger charge is -2.42. The molecule has 0 atom stereocenters. The van der Waals surface area contributed by atoms with Crippen molar-refractivity contribution in [1.29, 1.82) is 5.26 Å². The molecule has 0 aliphatic heterocycles. The van der Waals surface area contributed by atoms with Crippen LogP contribution in [0.25, 0.3) is 0 Å². The Bertz CT molecular complexity index is 808. The predicted octanol–water partition coefficient (Wildman–Crippen LogP) is 4.13. The summed E-state index contributed by atoms with van der Waals surface area (Å²) < 4.78 is 6.61. The average Bonchev–Trinajstić information content (AvgIpc) is 2.60. The van der Waals surface area contributed by atoms with Crippen molar-refractivity contribution in [2.24, 2.45) is 0 Å². The van der Waals surface area contributed by atoms with E-state index in [0.29, 0.717) is 18.7 Å². The molecule has 0 radical (unpaired) electrons. The van der Waals surface area contributed by atoms with Gasteiger partial charge in [0, 0.05) is 16.4 Å². The van der Waals surface area contributed by atoms with Gasteiger partial charge in [-0.3, -0.25) is 4.79 Å². The van der Waals surface area contributed by atoms with Crippen molar-refractivity contribution in [3.05, 3.63) is 64.1 Å². The zero-order chi connectivity index (χ0) is 18.4. The quantitative estimate of drug-likeness (QED) is 0.743. The van der Waals surface area contributed by atoms with E-state index in [1.807, 2.05) is 24.3 Å². The molecule has 0 unspecified atom stereocenters. The Balaban J connectivity index is 1.51. The Labute approximate surface area is 162 Å². The highest BCUT2D eigenvalue weighted by Gasteiger charge is 2.38. The standard InChI is InChI=1S/C21H21BrN2O2/c22-18-4-1-3-17(13-18)21(10-2-11-21)15-24-20(25)14-26-19-7-5-16(6-8-19)9-12-23/h1,3-8,13H,2,9-11,14-15H2,(H,24,25). The van der Waals surface area contributed by atoms with Gasteiger partial charge in [0.2, 0.25) is 0 Å². The van der Waals surface area contributed by atoms with Crippen LogP contribution in [-0.2, 0) is 16.6 Å². The van der Waals surface area contributed by atoms with Crippen LogP contribution in [0.5, 0.6) is 5.75 Å². The number of hydrogen-bond donors (Lipinski definition) is 1. The van der Waals surface area contributed by atoms with Crippen molar-refractivity contribution >= 4 is 21.8 Å². The van der Waals surface area contributed by atoms with E-state index < -0.39 is 0 Å². The first kappa shape index (κ1) is 18.5. The van der Waals surface area contributed by atoms with E-state index in [-0.39, 0.29) is 17.9 Å². The Morgan fingerprint density at radius 2 is 2.00 bits per heavy atom. The third kappa shape index (κ3) is 4.44. The van der Waals surface area contributed by atoms with Gasteiger partial charge in [0.05, 0.1) is 12.5 Å². The van der Waals surface area contributed by atoms with Gasteiger partial charge in [-0.05, 0) is 48.2 Å². The first-order valence-corrected chi connectivity index (χ1v) is 9.52. The van der Waals surface area contributed by atoms with Crippen molar-refractivity contribution in [3.63, 3.8) is 0 Å². The number of carbonyl (C=O) groups is 1. The van der Waals surface area contributed by atoms with Crippen LogP contribution in [0.1, 0.15) is 30.4 Å². The highest BCUT2D eigenvalue weighted by Crippen LogP contribution is 2.43. The Hall–Kier alpha value is -2.32. The van der Waals surface area contributed by atoms with Crippen LogP contribution in [0.15, 0.2) is 53.0 Å². The minimum atomic E-state index is -0.118. The van der Waals surface area contributed by atoms with Gasteiger partial charge in [0.15, 0.2) is 6.61 Å². The van der Waals surface area contributed by atoms with Gasteiger partial charge < -0.3 is 10.1 Å². The first-order chi connectivity index (χ1) is 12.6. The van der Waals surface area contributed by atoms with Crippen LogP contribution in [0.4, 0.5) is 0 Å². The van der Waals surface area contributed by atoms with Gasteiger partial charge >= 0.3 is 0 Å². The highest BCUT2D eigenvalue weighted by atomic mass is 79.9. The van der Waals surface area contributed by atoms with Crippen LogP contribution in [0.3, 0.4) is 0 Å². The third-order valence-corrected chi connectivity index (χ3v) is 5.44. The second-order valence-corrected chi connectivity index (χ2v) is 7.60. The van der Waals surface area contributed by atoms with Gasteiger partial charge in [-0.25, -0.2) is 0 Å². The molecule has 1 aliphatic carbocycles. The van der Waals surface area contributed by atoms with E-state index in [1.165, 1.54) is 12.0 Å². The van der Waals surface area contributed by atoms with E-state index in [1.54, 1.807) is 12.1 Å². The normalized spacial score (nSPS) is 14.8. The molecule has 1 N–H and O–H groups in total. The lowest BCUT2D eigenvalue weighted by Crippen LogP contribution is -2.46. The predicted molar refractivity (Wildman–Crippen MR) is 104 cm³/mol. The lowest BCUT2D eigenvalue weighted by molar-refractivity contribution is -0.123. The average molecular weight is 413 g/mol. The molecule has 0 saturated heterocycles. The number of nitriles is 1. The molecule has 0 bridgehead atoms. The number of nitrogens with one attached hydrogen (secondary N) is 1. The van der Waals surface area contributed by atoms with Crippen LogP contribution in [-0.4, -0.2) is 19.1 Å². The molecule has 26 heavy (non-hydrogen) atoms. The van der Waals surface area contributed by atoms with E-state index in [9.17, 15) is 4.79 Å². The Kier molecular flexibility index (Phi) is 5.95. The van der Waals surface area contributed by atoms with E-state index in [2.05, 4.69) is 39.4 Å². The summed E-state index contributed by atoms with van der Waals surface area (Å²) >= 11 is 3.53. The molecule has 5 heteroatoms. The van der Waals surface area contributed by atoms with Crippen molar-refractivity contribution in [2.75, 3.05) is 13.2 Å². The summed E-state index contributed by atoms with van der Waals surface area (Å²) in [6, 6.07) is 17.7. The van der Waals surface area contributed by atoms with Gasteiger partial charge in [0.1, 0.15) is 5.75 Å². The minimum Gasteiger partial charge on any atom is -0.484 e. The molecule has 134 valence electrons. The van der Waals surface area contributed by atoms with Crippen LogP contribution < -0.4 is 10.1 Å². The summed E-state index contributed by atoms with van der Waals surface area (Å²) in [5, 5.41) is 11.7. The number of rotatable bonds is 7. The summed E-state index contributed by atoms with van der Waals surface area (Å²) in [6.45, 7) is 0.624. The fourth-order valence-electron chi connectivity index (χ4n) is 3.25. The fraction of sp³-hybridized carbons (Fsp3) is 0.333. The summed E-state index contributed by atoms with van der Waals surface area (Å²) in [4.78, 5) is 12.2. The third-order valence-electron chi connectivity index (χ3n) is 4.95. The van der Waals surface area contributed by atoms with Crippen molar-refractivity contribution in [3.8, 4) is 11.8 Å². The number of halogens is 1. The number of amides is 1. The molecule has 2 aromatic carbocycles. The Morgan fingerprint density at radius 3 is 2.62 bits per heavy atom. The molecule has 2 aromatic rings. The number of hydrogen-bond acceptors (Lipinski definition) is 3. The molecule has 1 fully saturated rings. The topological polar surface area (TPSA) is 62.1 Å². The SMILES string of the molecule is N#CCc1ccc(OCC(=O)NCC2(c3cccc(Br)c3)CCC2)cc1. The molecule has 0 spiro atoms. The van der Waals surface area contributed by atoms with E-state index in [4.69, 9.17) is 10.00 Å². The van der Waals surface area contributed by atoms with Gasteiger partial charge in [0.25, 0.3) is 5.91 Å². The molecular formula is C21H21BrN2O2. The maximum atomic E-state index is 12.2. The minimum absolute atomic E-state index is 0.00778. The van der Waals surface area contributed by atoms with Crippen molar-refractivity contribution in [1.82, 2.24) is 5.32 Å². The fourth-order valence-corrected chi connectivity index (χ4v) is 3.65. The summed E-state index contributed by atoms with van der Waals surface area (Å²) in [5.41, 5.74) is 2.25.